The number of benzene rings is 2. The van der Waals surface area contributed by atoms with Crippen molar-refractivity contribution in [1.29, 1.82) is 0 Å². The standard InChI is InChI=1S/C20H12ClF2N5/c21-14-3-1-2-13(8-14)10-24-19-18-20(26-11-25-18)28-17(27-19)7-5-12-4-6-15(22)16(23)9-12/h1-4,6,8-9,11H,10H2,(H2,24,25,26,27,28). The fraction of sp³-hybridized carbons (Fsp3) is 0.0500. The van der Waals surface area contributed by atoms with Crippen molar-refractivity contribution < 1.29 is 8.78 Å². The highest BCUT2D eigenvalue weighted by Crippen LogP contribution is 2.18. The Hall–Kier alpha value is -3.50. The molecule has 0 aliphatic carbocycles. The van der Waals surface area contributed by atoms with E-state index in [1.165, 1.54) is 12.4 Å². The first-order chi connectivity index (χ1) is 13.6. The molecule has 2 heterocycles. The Kier molecular flexibility index (Phi) is 4.87. The molecule has 0 bridgehead atoms. The number of halogens is 3. The van der Waals surface area contributed by atoms with Crippen LogP contribution in [0.4, 0.5) is 14.6 Å². The molecule has 0 radical (unpaired) electrons. The lowest BCUT2D eigenvalue weighted by Crippen LogP contribution is -2.04. The van der Waals surface area contributed by atoms with Gasteiger partial charge in [-0.1, -0.05) is 29.7 Å². The molecule has 4 rings (SSSR count). The summed E-state index contributed by atoms with van der Waals surface area (Å²) in [7, 11) is 0. The van der Waals surface area contributed by atoms with Gasteiger partial charge in [0.2, 0.25) is 5.82 Å². The van der Waals surface area contributed by atoms with Crippen molar-refractivity contribution in [1.82, 2.24) is 19.9 Å². The Bertz CT molecular complexity index is 1230. The molecule has 0 aliphatic heterocycles. The number of aromatic amines is 1. The van der Waals surface area contributed by atoms with Crippen LogP contribution in [0.2, 0.25) is 5.02 Å². The van der Waals surface area contributed by atoms with Gasteiger partial charge in [0.1, 0.15) is 5.52 Å². The number of anilines is 1. The van der Waals surface area contributed by atoms with Crippen LogP contribution in [0.1, 0.15) is 17.0 Å². The van der Waals surface area contributed by atoms with E-state index in [1.54, 1.807) is 6.07 Å². The van der Waals surface area contributed by atoms with E-state index in [0.29, 0.717) is 34.1 Å². The van der Waals surface area contributed by atoms with Gasteiger partial charge in [0.15, 0.2) is 23.1 Å². The van der Waals surface area contributed by atoms with Gasteiger partial charge in [0.25, 0.3) is 0 Å². The number of imidazole rings is 1. The Labute approximate surface area is 163 Å². The molecule has 2 aromatic carbocycles. The Morgan fingerprint density at radius 2 is 1.93 bits per heavy atom. The number of nitrogens with one attached hydrogen (secondary N) is 2. The highest BCUT2D eigenvalue weighted by Gasteiger charge is 2.09. The van der Waals surface area contributed by atoms with Crippen LogP contribution in [-0.2, 0) is 6.54 Å². The van der Waals surface area contributed by atoms with Gasteiger partial charge in [-0.15, -0.1) is 0 Å². The van der Waals surface area contributed by atoms with E-state index in [-0.39, 0.29) is 5.82 Å². The van der Waals surface area contributed by atoms with Crippen molar-refractivity contribution in [3.8, 4) is 11.8 Å². The molecule has 2 N–H and O–H groups in total. The lowest BCUT2D eigenvalue weighted by Gasteiger charge is -2.07. The van der Waals surface area contributed by atoms with Crippen LogP contribution in [0, 0.1) is 23.5 Å². The summed E-state index contributed by atoms with van der Waals surface area (Å²) in [6.07, 6.45) is 1.51. The highest BCUT2D eigenvalue weighted by molar-refractivity contribution is 6.30. The summed E-state index contributed by atoms with van der Waals surface area (Å²) in [5, 5.41) is 3.85. The van der Waals surface area contributed by atoms with Gasteiger partial charge in [0.05, 0.1) is 6.33 Å². The van der Waals surface area contributed by atoms with Crippen LogP contribution in [0.3, 0.4) is 0 Å². The average molecular weight is 396 g/mol. The summed E-state index contributed by atoms with van der Waals surface area (Å²) in [5.74, 6) is 4.34. The second-order valence-corrected chi connectivity index (χ2v) is 6.29. The van der Waals surface area contributed by atoms with Crippen molar-refractivity contribution in [3.05, 3.63) is 82.4 Å². The lowest BCUT2D eigenvalue weighted by molar-refractivity contribution is 0.508. The highest BCUT2D eigenvalue weighted by atomic mass is 35.5. The minimum atomic E-state index is -0.958. The van der Waals surface area contributed by atoms with Crippen LogP contribution in [0.5, 0.6) is 0 Å². The van der Waals surface area contributed by atoms with E-state index in [1.807, 2.05) is 18.2 Å². The topological polar surface area (TPSA) is 66.5 Å². The summed E-state index contributed by atoms with van der Waals surface area (Å²) in [5.41, 5.74) is 2.38. The van der Waals surface area contributed by atoms with Crippen LogP contribution in [0.25, 0.3) is 11.2 Å². The molecule has 0 amide bonds. The number of fused-ring (bicyclic) bond motifs is 1. The van der Waals surface area contributed by atoms with E-state index in [2.05, 4.69) is 37.1 Å². The molecular formula is C20H12ClF2N5. The van der Waals surface area contributed by atoms with Gasteiger partial charge in [-0.25, -0.2) is 23.7 Å². The van der Waals surface area contributed by atoms with E-state index in [0.717, 1.165) is 17.7 Å². The molecule has 0 fully saturated rings. The maximum atomic E-state index is 13.3. The normalized spacial score (nSPS) is 10.5. The first kappa shape index (κ1) is 17.9. The number of hydrogen-bond acceptors (Lipinski definition) is 4. The molecule has 0 aliphatic rings. The molecule has 4 aromatic rings. The summed E-state index contributed by atoms with van der Waals surface area (Å²) >= 11 is 6.01. The van der Waals surface area contributed by atoms with Gasteiger partial charge in [-0.2, -0.15) is 0 Å². The van der Waals surface area contributed by atoms with Crippen LogP contribution in [-0.4, -0.2) is 19.9 Å². The zero-order chi connectivity index (χ0) is 19.5. The predicted molar refractivity (Wildman–Crippen MR) is 103 cm³/mol. The molecule has 0 spiro atoms. The summed E-state index contributed by atoms with van der Waals surface area (Å²) in [6.45, 7) is 0.482. The molecule has 138 valence electrons. The molecular weight excluding hydrogens is 384 g/mol. The number of H-pyrrole nitrogens is 1. The minimum absolute atomic E-state index is 0.218. The van der Waals surface area contributed by atoms with E-state index >= 15 is 0 Å². The minimum Gasteiger partial charge on any atom is -0.364 e. The van der Waals surface area contributed by atoms with E-state index in [4.69, 9.17) is 11.6 Å². The molecule has 0 saturated heterocycles. The lowest BCUT2D eigenvalue weighted by atomic mass is 10.2. The Morgan fingerprint density at radius 1 is 1.04 bits per heavy atom. The molecule has 28 heavy (non-hydrogen) atoms. The van der Waals surface area contributed by atoms with E-state index in [9.17, 15) is 8.78 Å². The Balaban J connectivity index is 1.63. The van der Waals surface area contributed by atoms with Crippen molar-refractivity contribution in [2.24, 2.45) is 0 Å². The first-order valence-electron chi connectivity index (χ1n) is 8.25. The van der Waals surface area contributed by atoms with Crippen LogP contribution in [0.15, 0.2) is 48.8 Å². The van der Waals surface area contributed by atoms with E-state index < -0.39 is 11.6 Å². The van der Waals surface area contributed by atoms with Gasteiger partial charge in [-0.05, 0) is 41.8 Å². The third-order valence-electron chi connectivity index (χ3n) is 3.87. The summed E-state index contributed by atoms with van der Waals surface area (Å²) in [6, 6.07) is 10.9. The quantitative estimate of drug-likeness (QED) is 0.508. The maximum absolute atomic E-state index is 13.3. The predicted octanol–water partition coefficient (Wildman–Crippen LogP) is 4.30. The van der Waals surface area contributed by atoms with Crippen LogP contribution < -0.4 is 5.32 Å². The first-order valence-corrected chi connectivity index (χ1v) is 8.63. The Morgan fingerprint density at radius 3 is 2.75 bits per heavy atom. The molecule has 0 atom stereocenters. The molecule has 0 saturated carbocycles. The van der Waals surface area contributed by atoms with Gasteiger partial charge >= 0.3 is 0 Å². The van der Waals surface area contributed by atoms with Crippen molar-refractivity contribution >= 4 is 28.6 Å². The van der Waals surface area contributed by atoms with Crippen LogP contribution >= 0.6 is 11.6 Å². The maximum Gasteiger partial charge on any atom is 0.209 e. The van der Waals surface area contributed by atoms with Gasteiger partial charge in [-0.3, -0.25) is 0 Å². The molecule has 0 unspecified atom stereocenters. The number of hydrogen-bond donors (Lipinski definition) is 2. The van der Waals surface area contributed by atoms with Crippen molar-refractivity contribution in [2.75, 3.05) is 5.32 Å². The fourth-order valence-electron chi connectivity index (χ4n) is 2.55. The zero-order valence-electron chi connectivity index (χ0n) is 14.3. The smallest absolute Gasteiger partial charge is 0.209 e. The SMILES string of the molecule is Fc1ccc(C#Cc2nc(NCc3cccc(Cl)c3)c3nc[nH]c3n2)cc1F. The number of aromatic nitrogens is 4. The third kappa shape index (κ3) is 3.92. The number of nitrogens with zero attached hydrogens (tertiary/aromatic N) is 3. The summed E-state index contributed by atoms with van der Waals surface area (Å²) < 4.78 is 26.3. The zero-order valence-corrected chi connectivity index (χ0v) is 15.1. The summed E-state index contributed by atoms with van der Waals surface area (Å²) in [4.78, 5) is 15.8. The molecule has 2 aromatic heterocycles. The van der Waals surface area contributed by atoms with Crippen molar-refractivity contribution in [3.63, 3.8) is 0 Å². The molecule has 5 nitrogen and oxygen atoms in total. The number of rotatable bonds is 3. The second kappa shape index (κ2) is 7.62. The molecule has 8 heteroatoms. The van der Waals surface area contributed by atoms with Crippen molar-refractivity contribution in [2.45, 2.75) is 6.54 Å². The second-order valence-electron chi connectivity index (χ2n) is 5.86. The largest absolute Gasteiger partial charge is 0.364 e. The van der Waals surface area contributed by atoms with Gasteiger partial charge < -0.3 is 10.3 Å². The third-order valence-corrected chi connectivity index (χ3v) is 4.10. The fourth-order valence-corrected chi connectivity index (χ4v) is 2.76. The average Bonchev–Trinajstić information content (AvgIpc) is 3.16. The monoisotopic (exact) mass is 395 g/mol. The van der Waals surface area contributed by atoms with Gasteiger partial charge in [0, 0.05) is 17.1 Å².